The van der Waals surface area contributed by atoms with Gasteiger partial charge in [-0.05, 0) is 18.6 Å². The van der Waals surface area contributed by atoms with Crippen LogP contribution in [0.15, 0.2) is 34.4 Å². The highest BCUT2D eigenvalue weighted by Gasteiger charge is 2.15. The molecule has 8 heteroatoms. The van der Waals surface area contributed by atoms with E-state index in [1.165, 1.54) is 11.3 Å². The number of rotatable bonds is 5. The number of nitrogens with zero attached hydrogens (tertiary/aromatic N) is 3. The summed E-state index contributed by atoms with van der Waals surface area (Å²) in [6.07, 6.45) is 4.34. The van der Waals surface area contributed by atoms with Crippen LogP contribution < -0.4 is 10.6 Å². The van der Waals surface area contributed by atoms with Gasteiger partial charge in [-0.25, -0.2) is 9.97 Å². The average molecular weight is 343 g/mol. The van der Waals surface area contributed by atoms with Gasteiger partial charge in [0.25, 0.3) is 0 Å². The monoisotopic (exact) mass is 343 g/mol. The first-order chi connectivity index (χ1) is 11.8. The number of furan rings is 1. The van der Waals surface area contributed by atoms with Crippen LogP contribution in [0.1, 0.15) is 17.9 Å². The zero-order valence-electron chi connectivity index (χ0n) is 13.0. The van der Waals surface area contributed by atoms with Crippen molar-refractivity contribution in [3.8, 4) is 10.8 Å². The molecule has 0 aromatic carbocycles. The largest absolute Gasteiger partial charge is 0.462 e. The number of fused-ring (bicyclic) bond motifs is 1. The summed E-state index contributed by atoms with van der Waals surface area (Å²) in [7, 11) is 0. The van der Waals surface area contributed by atoms with E-state index in [9.17, 15) is 4.79 Å². The highest BCUT2D eigenvalue weighted by molar-refractivity contribution is 7.13. The van der Waals surface area contributed by atoms with Crippen molar-refractivity contribution < 1.29 is 9.21 Å². The van der Waals surface area contributed by atoms with E-state index in [1.54, 1.807) is 12.5 Å². The molecule has 0 saturated carbocycles. The van der Waals surface area contributed by atoms with Crippen molar-refractivity contribution in [2.45, 2.75) is 25.9 Å². The van der Waals surface area contributed by atoms with E-state index in [-0.39, 0.29) is 5.91 Å². The molecule has 0 fully saturated rings. The third-order valence-corrected chi connectivity index (χ3v) is 4.80. The number of amides is 1. The minimum absolute atomic E-state index is 0.0243. The Balaban J connectivity index is 1.35. The maximum absolute atomic E-state index is 12.2. The van der Waals surface area contributed by atoms with Crippen molar-refractivity contribution >= 4 is 23.1 Å². The van der Waals surface area contributed by atoms with Gasteiger partial charge < -0.3 is 19.6 Å². The lowest BCUT2D eigenvalue weighted by atomic mass is 10.2. The number of aromatic nitrogens is 3. The van der Waals surface area contributed by atoms with E-state index in [0.717, 1.165) is 47.7 Å². The normalized spacial score (nSPS) is 13.7. The van der Waals surface area contributed by atoms with Crippen molar-refractivity contribution in [2.75, 3.05) is 11.9 Å². The molecule has 0 saturated heterocycles. The molecule has 0 unspecified atom stereocenters. The third-order valence-electron chi connectivity index (χ3n) is 3.89. The van der Waals surface area contributed by atoms with Crippen LogP contribution in [-0.4, -0.2) is 27.0 Å². The Kier molecular flexibility index (Phi) is 4.14. The van der Waals surface area contributed by atoms with Gasteiger partial charge in [-0.15, -0.1) is 11.3 Å². The summed E-state index contributed by atoms with van der Waals surface area (Å²) in [5.41, 5.74) is 0.904. The standard InChI is InChI=1S/C16H17N5O2S/c22-15(20-14-9-18-13-8-17-5-6-21(13)14)4-3-11-10-24-16(19-11)12-2-1-7-23-12/h1-2,7,9-10,17H,3-6,8H2,(H,20,22). The fraction of sp³-hybridized carbons (Fsp3) is 0.312. The van der Waals surface area contributed by atoms with Gasteiger partial charge in [0.1, 0.15) is 11.6 Å². The van der Waals surface area contributed by atoms with E-state index >= 15 is 0 Å². The zero-order chi connectivity index (χ0) is 16.4. The quantitative estimate of drug-likeness (QED) is 0.742. The number of nitrogens with one attached hydrogen (secondary N) is 2. The van der Waals surface area contributed by atoms with Gasteiger partial charge in [-0.3, -0.25) is 4.79 Å². The molecule has 0 spiro atoms. The third kappa shape index (κ3) is 3.10. The van der Waals surface area contributed by atoms with Gasteiger partial charge in [0, 0.05) is 24.9 Å². The summed E-state index contributed by atoms with van der Waals surface area (Å²) >= 11 is 1.53. The molecule has 1 amide bonds. The molecule has 24 heavy (non-hydrogen) atoms. The molecule has 0 bridgehead atoms. The molecule has 0 atom stereocenters. The van der Waals surface area contributed by atoms with Crippen molar-refractivity contribution in [1.82, 2.24) is 19.9 Å². The first-order valence-electron chi connectivity index (χ1n) is 7.83. The number of imidazole rings is 1. The van der Waals surface area contributed by atoms with Crippen molar-refractivity contribution in [1.29, 1.82) is 0 Å². The molecule has 1 aliphatic heterocycles. The van der Waals surface area contributed by atoms with Crippen LogP contribution in [0.4, 0.5) is 5.82 Å². The topological polar surface area (TPSA) is 85.0 Å². The molecule has 0 radical (unpaired) electrons. The lowest BCUT2D eigenvalue weighted by molar-refractivity contribution is -0.116. The number of anilines is 1. The van der Waals surface area contributed by atoms with Gasteiger partial charge in [0.15, 0.2) is 10.8 Å². The number of carbonyl (C=O) groups excluding carboxylic acids is 1. The van der Waals surface area contributed by atoms with Crippen LogP contribution in [0.2, 0.25) is 0 Å². The van der Waals surface area contributed by atoms with Crippen LogP contribution >= 0.6 is 11.3 Å². The average Bonchev–Trinajstić information content (AvgIpc) is 3.34. The smallest absolute Gasteiger partial charge is 0.225 e. The number of aryl methyl sites for hydroxylation is 1. The maximum Gasteiger partial charge on any atom is 0.225 e. The second kappa shape index (κ2) is 6.58. The molecular weight excluding hydrogens is 326 g/mol. The minimum Gasteiger partial charge on any atom is -0.462 e. The van der Waals surface area contributed by atoms with E-state index in [4.69, 9.17) is 4.42 Å². The highest BCUT2D eigenvalue weighted by Crippen LogP contribution is 2.24. The van der Waals surface area contributed by atoms with Gasteiger partial charge in [-0.2, -0.15) is 0 Å². The summed E-state index contributed by atoms with van der Waals surface area (Å²) in [6.45, 7) is 2.45. The summed E-state index contributed by atoms with van der Waals surface area (Å²) in [5, 5.41) is 9.01. The summed E-state index contributed by atoms with van der Waals surface area (Å²) < 4.78 is 7.38. The first-order valence-corrected chi connectivity index (χ1v) is 8.71. The number of carbonyl (C=O) groups is 1. The summed E-state index contributed by atoms with van der Waals surface area (Å²) in [4.78, 5) is 21.0. The van der Waals surface area contributed by atoms with Crippen LogP contribution in [0.5, 0.6) is 0 Å². The Hall–Kier alpha value is -2.45. The molecule has 4 rings (SSSR count). The van der Waals surface area contributed by atoms with Crippen molar-refractivity contribution in [3.05, 3.63) is 41.5 Å². The Morgan fingerprint density at radius 1 is 1.50 bits per heavy atom. The lowest BCUT2D eigenvalue weighted by Gasteiger charge is -2.17. The number of hydrogen-bond donors (Lipinski definition) is 2. The van der Waals surface area contributed by atoms with E-state index in [1.807, 2.05) is 22.1 Å². The van der Waals surface area contributed by atoms with E-state index < -0.39 is 0 Å². The summed E-state index contributed by atoms with van der Waals surface area (Å²) in [6, 6.07) is 3.72. The predicted octanol–water partition coefficient (Wildman–Crippen LogP) is 2.27. The Labute approximate surface area is 142 Å². The molecule has 2 N–H and O–H groups in total. The highest BCUT2D eigenvalue weighted by atomic mass is 32.1. The molecule has 4 heterocycles. The number of thiazole rings is 1. The molecule has 0 aliphatic carbocycles. The summed E-state index contributed by atoms with van der Waals surface area (Å²) in [5.74, 6) is 2.46. The lowest BCUT2D eigenvalue weighted by Crippen LogP contribution is -2.29. The van der Waals surface area contributed by atoms with Crippen LogP contribution in [0.25, 0.3) is 10.8 Å². The van der Waals surface area contributed by atoms with Crippen molar-refractivity contribution in [3.63, 3.8) is 0 Å². The SMILES string of the molecule is O=C(CCc1csc(-c2ccco2)n1)Nc1cnc2n1CCNC2. The van der Waals surface area contributed by atoms with Gasteiger partial charge in [0.05, 0.1) is 24.7 Å². The van der Waals surface area contributed by atoms with E-state index in [0.29, 0.717) is 12.8 Å². The Morgan fingerprint density at radius 3 is 3.33 bits per heavy atom. The van der Waals surface area contributed by atoms with Gasteiger partial charge in [0.2, 0.25) is 5.91 Å². The minimum atomic E-state index is -0.0243. The second-order valence-corrected chi connectivity index (χ2v) is 6.42. The van der Waals surface area contributed by atoms with Crippen LogP contribution in [-0.2, 0) is 24.3 Å². The fourth-order valence-electron chi connectivity index (χ4n) is 2.68. The number of hydrogen-bond acceptors (Lipinski definition) is 6. The second-order valence-electron chi connectivity index (χ2n) is 5.56. The van der Waals surface area contributed by atoms with Crippen LogP contribution in [0.3, 0.4) is 0 Å². The predicted molar refractivity (Wildman–Crippen MR) is 90.7 cm³/mol. The maximum atomic E-state index is 12.2. The molecular formula is C16H17N5O2S. The fourth-order valence-corrected chi connectivity index (χ4v) is 3.50. The van der Waals surface area contributed by atoms with Crippen molar-refractivity contribution in [2.24, 2.45) is 0 Å². The van der Waals surface area contributed by atoms with Gasteiger partial charge in [-0.1, -0.05) is 0 Å². The zero-order valence-corrected chi connectivity index (χ0v) is 13.8. The Bertz CT molecular complexity index is 837. The molecule has 3 aromatic heterocycles. The molecule has 1 aliphatic rings. The Morgan fingerprint density at radius 2 is 2.46 bits per heavy atom. The van der Waals surface area contributed by atoms with E-state index in [2.05, 4.69) is 20.6 Å². The molecule has 3 aromatic rings. The molecule has 124 valence electrons. The van der Waals surface area contributed by atoms with Crippen LogP contribution in [0, 0.1) is 0 Å². The first kappa shape index (κ1) is 15.1. The van der Waals surface area contributed by atoms with Gasteiger partial charge >= 0.3 is 0 Å². The molecule has 7 nitrogen and oxygen atoms in total.